The van der Waals surface area contributed by atoms with Crippen LogP contribution in [-0.2, 0) is 28.6 Å². The highest BCUT2D eigenvalue weighted by molar-refractivity contribution is 5.99. The lowest BCUT2D eigenvalue weighted by Crippen LogP contribution is -2.31. The number of aliphatic carboxylic acids is 1. The maximum atomic E-state index is 12.9. The number of carbonyl (C=O) groups excluding carboxylic acids is 2. The Hall–Kier alpha value is -4.34. The number of aryl methyl sites for hydroxylation is 1. The number of rotatable bonds is 7. The van der Waals surface area contributed by atoms with Crippen molar-refractivity contribution in [1.82, 2.24) is 5.32 Å². The zero-order valence-electron chi connectivity index (χ0n) is 20.3. The molecule has 0 spiro atoms. The minimum Gasteiger partial charge on any atom is -0.480 e. The third-order valence-corrected chi connectivity index (χ3v) is 6.37. The molecule has 1 aliphatic rings. The summed E-state index contributed by atoms with van der Waals surface area (Å²) in [4.78, 5) is 34.8. The van der Waals surface area contributed by atoms with Gasteiger partial charge >= 0.3 is 18.2 Å². The summed E-state index contributed by atoms with van der Waals surface area (Å²) >= 11 is 0. The summed E-state index contributed by atoms with van der Waals surface area (Å²) in [5, 5.41) is 16.1. The number of urea groups is 1. The zero-order valence-corrected chi connectivity index (χ0v) is 20.3. The molecule has 4 rings (SSSR count). The molecule has 4 N–H and O–H groups in total. The van der Waals surface area contributed by atoms with Crippen LogP contribution in [0.25, 0.3) is 11.1 Å². The molecule has 0 aromatic heterocycles. The average molecular weight is 526 g/mol. The van der Waals surface area contributed by atoms with E-state index in [1.165, 1.54) is 23.3 Å². The highest BCUT2D eigenvalue weighted by Gasteiger charge is 2.30. The molecule has 1 aliphatic carbocycles. The van der Waals surface area contributed by atoms with Crippen molar-refractivity contribution in [3.05, 3.63) is 83.4 Å². The van der Waals surface area contributed by atoms with Gasteiger partial charge in [0.1, 0.15) is 6.54 Å². The fourth-order valence-electron chi connectivity index (χ4n) is 4.51. The number of halogens is 3. The summed E-state index contributed by atoms with van der Waals surface area (Å²) in [6.45, 7) is -0.375. The van der Waals surface area contributed by atoms with Gasteiger partial charge in [0.15, 0.2) is 0 Å². The van der Waals surface area contributed by atoms with Crippen LogP contribution in [-0.4, -0.2) is 29.6 Å². The molecule has 0 aliphatic heterocycles. The van der Waals surface area contributed by atoms with Crippen molar-refractivity contribution in [1.29, 1.82) is 0 Å². The fourth-order valence-corrected chi connectivity index (χ4v) is 4.51. The summed E-state index contributed by atoms with van der Waals surface area (Å²) < 4.78 is 38.6. The summed E-state index contributed by atoms with van der Waals surface area (Å²) in [6.07, 6.45) is -1.80. The first-order valence-electron chi connectivity index (χ1n) is 12.0. The molecule has 3 aromatic carbocycles. The molecule has 1 atom stereocenters. The van der Waals surface area contributed by atoms with Gasteiger partial charge in [0.2, 0.25) is 5.91 Å². The summed E-state index contributed by atoms with van der Waals surface area (Å²) in [6, 6.07) is 17.0. The SMILES string of the molecule is O=C(O)CNC(=O)CC1CCc2cc(-c3ccc(NC(=O)Nc4cccc(C(F)(F)F)c4)cc3)ccc2C1. The number of fused-ring (bicyclic) bond motifs is 1. The Morgan fingerprint density at radius 3 is 2.29 bits per heavy atom. The van der Waals surface area contributed by atoms with E-state index in [1.54, 1.807) is 12.1 Å². The second-order valence-electron chi connectivity index (χ2n) is 9.20. The topological polar surface area (TPSA) is 108 Å². The summed E-state index contributed by atoms with van der Waals surface area (Å²) in [5.41, 5.74) is 3.98. The number of alkyl halides is 3. The van der Waals surface area contributed by atoms with Crippen LogP contribution in [0, 0.1) is 5.92 Å². The fraction of sp³-hybridized carbons (Fsp3) is 0.250. The van der Waals surface area contributed by atoms with Crippen LogP contribution in [0.5, 0.6) is 0 Å². The van der Waals surface area contributed by atoms with E-state index in [2.05, 4.69) is 22.0 Å². The van der Waals surface area contributed by atoms with Crippen molar-refractivity contribution in [3.63, 3.8) is 0 Å². The van der Waals surface area contributed by atoms with Crippen molar-refractivity contribution in [2.45, 2.75) is 31.9 Å². The first-order valence-corrected chi connectivity index (χ1v) is 12.0. The van der Waals surface area contributed by atoms with E-state index in [1.807, 2.05) is 24.3 Å². The third-order valence-electron chi connectivity index (χ3n) is 6.37. The van der Waals surface area contributed by atoms with Crippen LogP contribution in [0.2, 0.25) is 0 Å². The molecule has 7 nitrogen and oxygen atoms in total. The highest BCUT2D eigenvalue weighted by Crippen LogP contribution is 2.32. The van der Waals surface area contributed by atoms with Gasteiger partial charge in [0, 0.05) is 17.8 Å². The number of nitrogens with one attached hydrogen (secondary N) is 3. The number of hydrogen-bond donors (Lipinski definition) is 4. The van der Waals surface area contributed by atoms with E-state index >= 15 is 0 Å². The van der Waals surface area contributed by atoms with Gasteiger partial charge in [-0.1, -0.05) is 36.4 Å². The molecule has 10 heteroatoms. The highest BCUT2D eigenvalue weighted by atomic mass is 19.4. The van der Waals surface area contributed by atoms with Crippen molar-refractivity contribution in [3.8, 4) is 11.1 Å². The standard InChI is InChI=1S/C28H26F3N3O4/c29-28(30,31)22-2-1-3-24(15-22)34-27(38)33-23-10-8-18(9-11-23)20-7-6-19-12-17(4-5-21(19)14-20)13-25(35)32-16-26(36)37/h1-3,6-11,14-15,17H,4-5,12-13,16H2,(H,32,35)(H,36,37)(H2,33,34,38). The lowest BCUT2D eigenvalue weighted by Gasteiger charge is -2.24. The van der Waals surface area contributed by atoms with Gasteiger partial charge in [-0.15, -0.1) is 0 Å². The van der Waals surface area contributed by atoms with Crippen molar-refractivity contribution in [2.75, 3.05) is 17.2 Å². The van der Waals surface area contributed by atoms with E-state index in [4.69, 9.17) is 5.11 Å². The van der Waals surface area contributed by atoms with Crippen LogP contribution in [0.3, 0.4) is 0 Å². The molecule has 3 amide bonds. The Kier molecular flexibility index (Phi) is 7.99. The Balaban J connectivity index is 1.34. The van der Waals surface area contributed by atoms with E-state index in [0.29, 0.717) is 12.1 Å². The van der Waals surface area contributed by atoms with E-state index in [0.717, 1.165) is 42.5 Å². The normalized spacial score (nSPS) is 14.8. The molecular weight excluding hydrogens is 499 g/mol. The Bertz CT molecular complexity index is 1340. The Morgan fingerprint density at radius 1 is 0.868 bits per heavy atom. The summed E-state index contributed by atoms with van der Waals surface area (Å²) in [5.74, 6) is -1.16. The maximum Gasteiger partial charge on any atom is 0.416 e. The second kappa shape index (κ2) is 11.4. The van der Waals surface area contributed by atoms with E-state index in [-0.39, 0.29) is 24.1 Å². The van der Waals surface area contributed by atoms with Crippen LogP contribution in [0.15, 0.2) is 66.7 Å². The van der Waals surface area contributed by atoms with Crippen LogP contribution in [0.1, 0.15) is 29.5 Å². The van der Waals surface area contributed by atoms with Gasteiger partial charge in [-0.25, -0.2) is 4.79 Å². The predicted octanol–water partition coefficient (Wildman–Crippen LogP) is 5.71. The number of hydrogen-bond acceptors (Lipinski definition) is 3. The van der Waals surface area contributed by atoms with Gasteiger partial charge in [-0.3, -0.25) is 9.59 Å². The van der Waals surface area contributed by atoms with Crippen molar-refractivity contribution in [2.24, 2.45) is 5.92 Å². The zero-order chi connectivity index (χ0) is 27.3. The number of carbonyl (C=O) groups is 3. The van der Waals surface area contributed by atoms with Gasteiger partial charge in [-0.05, 0) is 77.8 Å². The molecule has 0 bridgehead atoms. The van der Waals surface area contributed by atoms with Crippen LogP contribution < -0.4 is 16.0 Å². The lowest BCUT2D eigenvalue weighted by molar-refractivity contribution is -0.138. The second-order valence-corrected chi connectivity index (χ2v) is 9.20. The molecule has 0 radical (unpaired) electrons. The quantitative estimate of drug-likeness (QED) is 0.317. The molecule has 198 valence electrons. The first kappa shape index (κ1) is 26.7. The van der Waals surface area contributed by atoms with Gasteiger partial charge in [-0.2, -0.15) is 13.2 Å². The molecular formula is C28H26F3N3O4. The molecule has 38 heavy (non-hydrogen) atoms. The molecule has 0 saturated heterocycles. The minimum atomic E-state index is -4.50. The molecule has 1 unspecified atom stereocenters. The number of carboxylic acids is 1. The molecule has 0 fully saturated rings. The average Bonchev–Trinajstić information content (AvgIpc) is 2.87. The third kappa shape index (κ3) is 7.12. The van der Waals surface area contributed by atoms with E-state index < -0.39 is 23.7 Å². The van der Waals surface area contributed by atoms with Crippen LogP contribution >= 0.6 is 0 Å². The number of amides is 3. The smallest absolute Gasteiger partial charge is 0.416 e. The monoisotopic (exact) mass is 525 g/mol. The number of anilines is 2. The Morgan fingerprint density at radius 2 is 1.58 bits per heavy atom. The first-order chi connectivity index (χ1) is 18.1. The van der Waals surface area contributed by atoms with Gasteiger partial charge in [0.05, 0.1) is 5.56 Å². The predicted molar refractivity (Wildman–Crippen MR) is 137 cm³/mol. The van der Waals surface area contributed by atoms with Crippen LogP contribution in [0.4, 0.5) is 29.3 Å². The largest absolute Gasteiger partial charge is 0.480 e. The van der Waals surface area contributed by atoms with Crippen molar-refractivity contribution < 1.29 is 32.7 Å². The minimum absolute atomic E-state index is 0.0335. The lowest BCUT2D eigenvalue weighted by atomic mass is 9.81. The van der Waals surface area contributed by atoms with Crippen molar-refractivity contribution >= 4 is 29.3 Å². The summed E-state index contributed by atoms with van der Waals surface area (Å²) in [7, 11) is 0. The molecule has 0 heterocycles. The van der Waals surface area contributed by atoms with Gasteiger partial charge in [0.25, 0.3) is 0 Å². The number of carboxylic acid groups (broad SMARTS) is 1. The maximum absolute atomic E-state index is 12.9. The number of benzene rings is 3. The molecule has 0 saturated carbocycles. The molecule has 3 aromatic rings. The Labute approximate surface area is 217 Å². The van der Waals surface area contributed by atoms with E-state index in [9.17, 15) is 27.6 Å². The van der Waals surface area contributed by atoms with Gasteiger partial charge < -0.3 is 21.1 Å².